The molecule has 1 aromatic heterocycles. The monoisotopic (exact) mass is 419 g/mol. The quantitative estimate of drug-likeness (QED) is 0.662. The van der Waals surface area contributed by atoms with Gasteiger partial charge in [0, 0.05) is 12.1 Å². The van der Waals surface area contributed by atoms with Gasteiger partial charge in [0.05, 0.1) is 17.6 Å². The van der Waals surface area contributed by atoms with Crippen LogP contribution in [0.4, 0.5) is 13.2 Å². The second-order valence-corrected chi connectivity index (χ2v) is 6.56. The van der Waals surface area contributed by atoms with Crippen LogP contribution < -0.4 is 15.6 Å². The molecule has 0 aliphatic rings. The van der Waals surface area contributed by atoms with Crippen molar-refractivity contribution in [3.63, 3.8) is 0 Å². The van der Waals surface area contributed by atoms with Crippen molar-refractivity contribution in [1.82, 2.24) is 14.9 Å². The fourth-order valence-electron chi connectivity index (χ4n) is 3.12. The van der Waals surface area contributed by atoms with E-state index in [4.69, 9.17) is 4.74 Å². The summed E-state index contributed by atoms with van der Waals surface area (Å²) in [5.74, 6) is -0.00767. The lowest BCUT2D eigenvalue weighted by Crippen LogP contribution is -2.39. The van der Waals surface area contributed by atoms with Crippen LogP contribution in [0.25, 0.3) is 11.0 Å². The summed E-state index contributed by atoms with van der Waals surface area (Å²) in [7, 11) is 0. The topological polar surface area (TPSA) is 73.2 Å². The average Bonchev–Trinajstić information content (AvgIpc) is 2.71. The Hall–Kier alpha value is -3.36. The van der Waals surface area contributed by atoms with E-state index in [1.165, 1.54) is 25.1 Å². The predicted molar refractivity (Wildman–Crippen MR) is 105 cm³/mol. The largest absolute Gasteiger partial charge is 0.494 e. The maximum Gasteiger partial charge on any atom is 0.438 e. The molecular formula is C21H20F3N3O3. The van der Waals surface area contributed by atoms with Gasteiger partial charge in [-0.3, -0.25) is 14.2 Å². The minimum atomic E-state index is -4.94. The molecule has 30 heavy (non-hydrogen) atoms. The zero-order chi connectivity index (χ0) is 21.9. The second-order valence-electron chi connectivity index (χ2n) is 6.56. The van der Waals surface area contributed by atoms with Gasteiger partial charge in [-0.15, -0.1) is 0 Å². The van der Waals surface area contributed by atoms with Gasteiger partial charge in [-0.2, -0.15) is 13.2 Å². The first-order chi connectivity index (χ1) is 14.2. The van der Waals surface area contributed by atoms with Crippen LogP contribution in [0, 0.1) is 0 Å². The molecule has 1 amide bonds. The van der Waals surface area contributed by atoms with Crippen LogP contribution in [0.2, 0.25) is 0 Å². The predicted octanol–water partition coefficient (Wildman–Crippen LogP) is 3.69. The standard InChI is InChI=1S/C21H20F3N3O3/c1-3-30-17-11-7-4-8-14(17)12-25-19(28)13(2)27-16-10-6-5-9-15(16)26-18(20(27)29)21(22,23)24/h4-11,13H,3,12H2,1-2H3,(H,25,28)/t13-/m1/s1. The summed E-state index contributed by atoms with van der Waals surface area (Å²) in [5, 5.41) is 2.67. The van der Waals surface area contributed by atoms with Crippen molar-refractivity contribution >= 4 is 16.9 Å². The first kappa shape index (κ1) is 21.4. The van der Waals surface area contributed by atoms with Crippen molar-refractivity contribution in [1.29, 1.82) is 0 Å². The van der Waals surface area contributed by atoms with Gasteiger partial charge in [-0.25, -0.2) is 4.98 Å². The van der Waals surface area contributed by atoms with E-state index in [9.17, 15) is 22.8 Å². The molecule has 0 radical (unpaired) electrons. The van der Waals surface area contributed by atoms with E-state index in [0.717, 1.165) is 4.57 Å². The molecule has 2 aromatic carbocycles. The summed E-state index contributed by atoms with van der Waals surface area (Å²) in [5.41, 5.74) is -2.08. The minimum absolute atomic E-state index is 0.0224. The summed E-state index contributed by atoms with van der Waals surface area (Å²) < 4.78 is 46.3. The van der Waals surface area contributed by atoms with Crippen molar-refractivity contribution in [3.8, 4) is 5.75 Å². The molecular weight excluding hydrogens is 399 g/mol. The highest BCUT2D eigenvalue weighted by molar-refractivity contribution is 5.83. The van der Waals surface area contributed by atoms with Crippen LogP contribution in [-0.2, 0) is 17.5 Å². The number of hydrogen-bond donors (Lipinski definition) is 1. The molecule has 3 aromatic rings. The van der Waals surface area contributed by atoms with E-state index in [-0.39, 0.29) is 17.6 Å². The number of halogens is 3. The Morgan fingerprint density at radius 3 is 2.53 bits per heavy atom. The molecule has 6 nitrogen and oxygen atoms in total. The van der Waals surface area contributed by atoms with Crippen molar-refractivity contribution in [2.75, 3.05) is 6.61 Å². The highest BCUT2D eigenvalue weighted by atomic mass is 19.4. The number of amides is 1. The number of alkyl halides is 3. The Balaban J connectivity index is 1.95. The van der Waals surface area contributed by atoms with Crippen LogP contribution in [0.5, 0.6) is 5.75 Å². The molecule has 1 heterocycles. The number of aromatic nitrogens is 2. The first-order valence-electron chi connectivity index (χ1n) is 9.31. The van der Waals surface area contributed by atoms with Crippen molar-refractivity contribution < 1.29 is 22.7 Å². The maximum atomic E-state index is 13.3. The third-order valence-electron chi connectivity index (χ3n) is 4.56. The molecule has 0 aliphatic heterocycles. The summed E-state index contributed by atoms with van der Waals surface area (Å²) in [6.45, 7) is 3.75. The Morgan fingerprint density at radius 2 is 1.83 bits per heavy atom. The van der Waals surface area contributed by atoms with Gasteiger partial charge < -0.3 is 10.1 Å². The van der Waals surface area contributed by atoms with Gasteiger partial charge >= 0.3 is 6.18 Å². The number of fused-ring (bicyclic) bond motifs is 1. The molecule has 0 fully saturated rings. The molecule has 1 N–H and O–H groups in total. The molecule has 1 atom stereocenters. The summed E-state index contributed by atoms with van der Waals surface area (Å²) >= 11 is 0. The lowest BCUT2D eigenvalue weighted by Gasteiger charge is -2.19. The Bertz CT molecular complexity index is 1130. The summed E-state index contributed by atoms with van der Waals surface area (Å²) in [6.07, 6.45) is -4.94. The molecule has 0 spiro atoms. The van der Waals surface area contributed by atoms with E-state index in [0.29, 0.717) is 17.9 Å². The Labute approximate surface area is 170 Å². The van der Waals surface area contributed by atoms with Crippen molar-refractivity contribution in [2.45, 2.75) is 32.6 Å². The van der Waals surface area contributed by atoms with Crippen LogP contribution in [0.1, 0.15) is 31.1 Å². The zero-order valence-electron chi connectivity index (χ0n) is 16.4. The Morgan fingerprint density at radius 1 is 1.17 bits per heavy atom. The molecule has 0 saturated carbocycles. The number of benzene rings is 2. The van der Waals surface area contributed by atoms with Crippen molar-refractivity contribution in [3.05, 3.63) is 70.1 Å². The van der Waals surface area contributed by atoms with Crippen LogP contribution >= 0.6 is 0 Å². The molecule has 0 saturated heterocycles. The lowest BCUT2D eigenvalue weighted by molar-refractivity contribution is -0.142. The van der Waals surface area contributed by atoms with E-state index in [1.807, 2.05) is 6.92 Å². The fraction of sp³-hybridized carbons (Fsp3) is 0.286. The highest BCUT2D eigenvalue weighted by Crippen LogP contribution is 2.27. The highest BCUT2D eigenvalue weighted by Gasteiger charge is 2.38. The molecule has 0 bridgehead atoms. The smallest absolute Gasteiger partial charge is 0.438 e. The lowest BCUT2D eigenvalue weighted by atomic mass is 10.2. The van der Waals surface area contributed by atoms with Gasteiger partial charge in [0.1, 0.15) is 11.8 Å². The number of nitrogens with zero attached hydrogens (tertiary/aromatic N) is 2. The average molecular weight is 419 g/mol. The SMILES string of the molecule is CCOc1ccccc1CNC(=O)[C@@H](C)n1c(=O)c(C(F)(F)F)nc2ccccc21. The van der Waals surface area contributed by atoms with E-state index >= 15 is 0 Å². The molecule has 0 aliphatic carbocycles. The zero-order valence-corrected chi connectivity index (χ0v) is 16.4. The summed E-state index contributed by atoms with van der Waals surface area (Å²) in [6, 6.07) is 11.8. The van der Waals surface area contributed by atoms with Gasteiger partial charge in [0.25, 0.3) is 5.56 Å². The van der Waals surface area contributed by atoms with E-state index < -0.39 is 29.4 Å². The van der Waals surface area contributed by atoms with Crippen LogP contribution in [-0.4, -0.2) is 22.1 Å². The first-order valence-corrected chi connectivity index (χ1v) is 9.31. The fourth-order valence-corrected chi connectivity index (χ4v) is 3.12. The second kappa shape index (κ2) is 8.56. The molecule has 158 valence electrons. The number of ether oxygens (including phenoxy) is 1. The number of carbonyl (C=O) groups excluding carboxylic acids is 1. The van der Waals surface area contributed by atoms with Gasteiger partial charge in [0.15, 0.2) is 0 Å². The summed E-state index contributed by atoms with van der Waals surface area (Å²) in [4.78, 5) is 28.8. The van der Waals surface area contributed by atoms with E-state index in [2.05, 4.69) is 10.3 Å². The number of rotatable bonds is 6. The number of hydrogen-bond acceptors (Lipinski definition) is 4. The molecule has 9 heteroatoms. The van der Waals surface area contributed by atoms with Gasteiger partial charge in [-0.1, -0.05) is 30.3 Å². The number of nitrogens with one attached hydrogen (secondary N) is 1. The Kier molecular flexibility index (Phi) is 6.09. The van der Waals surface area contributed by atoms with Gasteiger partial charge in [-0.05, 0) is 32.0 Å². The maximum absolute atomic E-state index is 13.3. The third-order valence-corrected chi connectivity index (χ3v) is 4.56. The van der Waals surface area contributed by atoms with Crippen molar-refractivity contribution in [2.24, 2.45) is 0 Å². The number of carbonyl (C=O) groups is 1. The normalized spacial score (nSPS) is 12.6. The van der Waals surface area contributed by atoms with Gasteiger partial charge in [0.2, 0.25) is 11.6 Å². The van der Waals surface area contributed by atoms with Crippen LogP contribution in [0.3, 0.4) is 0 Å². The minimum Gasteiger partial charge on any atom is -0.494 e. The molecule has 0 unspecified atom stereocenters. The number of para-hydroxylation sites is 3. The third kappa shape index (κ3) is 4.29. The van der Waals surface area contributed by atoms with E-state index in [1.54, 1.807) is 30.3 Å². The molecule has 3 rings (SSSR count). The van der Waals surface area contributed by atoms with Crippen LogP contribution in [0.15, 0.2) is 53.3 Å².